The minimum atomic E-state index is -0.122. The molecule has 0 unspecified atom stereocenters. The smallest absolute Gasteiger partial charge is 0.255 e. The second kappa shape index (κ2) is 9.95. The van der Waals surface area contributed by atoms with E-state index in [2.05, 4.69) is 25.1 Å². The standard InChI is InChI=1S/C25H33N5O3/c1-18-21(22-23(27-17-28-25(22)33-18)29-12-5-2-6-13-29)24(31)26-11-14-30(19-8-3-4-9-19)16-20-10-7-15-32-20/h7,10,15,17,19H,2-6,8-9,11-14,16H2,1H3,(H,26,31). The molecule has 1 saturated carbocycles. The number of carbonyl (C=O) groups excluding carboxylic acids is 1. The number of carbonyl (C=O) groups is 1. The van der Waals surface area contributed by atoms with E-state index in [9.17, 15) is 4.79 Å². The molecule has 176 valence electrons. The number of nitrogens with zero attached hydrogens (tertiary/aromatic N) is 4. The van der Waals surface area contributed by atoms with Crippen LogP contribution in [-0.2, 0) is 6.54 Å². The van der Waals surface area contributed by atoms with Gasteiger partial charge >= 0.3 is 0 Å². The number of hydrogen-bond acceptors (Lipinski definition) is 7. The molecule has 1 amide bonds. The second-order valence-corrected chi connectivity index (χ2v) is 9.20. The molecule has 0 radical (unpaired) electrons. The van der Waals surface area contributed by atoms with Gasteiger partial charge in [-0.15, -0.1) is 0 Å². The molecule has 33 heavy (non-hydrogen) atoms. The number of amides is 1. The first-order valence-electron chi connectivity index (χ1n) is 12.2. The van der Waals surface area contributed by atoms with Crippen molar-refractivity contribution < 1.29 is 13.6 Å². The lowest BCUT2D eigenvalue weighted by molar-refractivity contribution is 0.0941. The number of aryl methyl sites for hydroxylation is 1. The Morgan fingerprint density at radius 2 is 2.00 bits per heavy atom. The van der Waals surface area contributed by atoms with E-state index in [1.54, 1.807) is 6.26 Å². The molecule has 8 nitrogen and oxygen atoms in total. The Hall–Kier alpha value is -2.87. The SMILES string of the molecule is Cc1oc2ncnc(N3CCCCC3)c2c1C(=O)NCCN(Cc1ccco1)C1CCCC1. The average molecular weight is 452 g/mol. The van der Waals surface area contributed by atoms with Gasteiger partial charge in [-0.25, -0.2) is 9.97 Å². The first-order valence-corrected chi connectivity index (χ1v) is 12.2. The summed E-state index contributed by atoms with van der Waals surface area (Å²) < 4.78 is 11.5. The maximum atomic E-state index is 13.3. The highest BCUT2D eigenvalue weighted by Gasteiger charge is 2.27. The summed E-state index contributed by atoms with van der Waals surface area (Å²) in [7, 11) is 0. The fourth-order valence-corrected chi connectivity index (χ4v) is 5.31. The van der Waals surface area contributed by atoms with Gasteiger partial charge in [-0.3, -0.25) is 9.69 Å². The normalized spacial score (nSPS) is 17.3. The summed E-state index contributed by atoms with van der Waals surface area (Å²) >= 11 is 0. The Morgan fingerprint density at radius 3 is 2.76 bits per heavy atom. The van der Waals surface area contributed by atoms with E-state index in [4.69, 9.17) is 8.83 Å². The van der Waals surface area contributed by atoms with Crippen molar-refractivity contribution >= 4 is 22.8 Å². The van der Waals surface area contributed by atoms with Gasteiger partial charge in [0.25, 0.3) is 5.91 Å². The molecule has 1 N–H and O–H groups in total. The molecule has 0 atom stereocenters. The van der Waals surface area contributed by atoms with Crippen molar-refractivity contribution in [2.75, 3.05) is 31.1 Å². The number of piperidine rings is 1. The van der Waals surface area contributed by atoms with Crippen molar-refractivity contribution in [2.24, 2.45) is 0 Å². The van der Waals surface area contributed by atoms with Crippen LogP contribution in [-0.4, -0.2) is 53.0 Å². The summed E-state index contributed by atoms with van der Waals surface area (Å²) in [6.07, 6.45) is 11.7. The van der Waals surface area contributed by atoms with Crippen LogP contribution in [0.25, 0.3) is 11.1 Å². The zero-order valence-corrected chi connectivity index (χ0v) is 19.4. The summed E-state index contributed by atoms with van der Waals surface area (Å²) in [5.41, 5.74) is 1.04. The molecule has 1 aliphatic heterocycles. The molecular weight excluding hydrogens is 418 g/mol. The van der Waals surface area contributed by atoms with E-state index in [-0.39, 0.29) is 5.91 Å². The van der Waals surface area contributed by atoms with Crippen LogP contribution < -0.4 is 10.2 Å². The van der Waals surface area contributed by atoms with Crippen LogP contribution in [0.1, 0.15) is 66.8 Å². The van der Waals surface area contributed by atoms with Gasteiger partial charge < -0.3 is 19.1 Å². The molecule has 0 spiro atoms. The Kier molecular flexibility index (Phi) is 6.62. The Labute approximate surface area is 194 Å². The van der Waals surface area contributed by atoms with Crippen LogP contribution in [0.3, 0.4) is 0 Å². The minimum Gasteiger partial charge on any atom is -0.468 e. The Bertz CT molecular complexity index is 1070. The van der Waals surface area contributed by atoms with E-state index >= 15 is 0 Å². The zero-order chi connectivity index (χ0) is 22.6. The number of anilines is 1. The largest absolute Gasteiger partial charge is 0.468 e. The van der Waals surface area contributed by atoms with Crippen LogP contribution >= 0.6 is 0 Å². The molecule has 4 heterocycles. The lowest BCUT2D eigenvalue weighted by Gasteiger charge is -2.28. The third-order valence-electron chi connectivity index (χ3n) is 6.99. The molecule has 0 aromatic carbocycles. The molecule has 3 aromatic heterocycles. The highest BCUT2D eigenvalue weighted by molar-refractivity contribution is 6.10. The van der Waals surface area contributed by atoms with Gasteiger partial charge in [0.2, 0.25) is 5.71 Å². The molecule has 0 bridgehead atoms. The van der Waals surface area contributed by atoms with E-state index in [1.165, 1.54) is 38.4 Å². The van der Waals surface area contributed by atoms with E-state index in [0.717, 1.165) is 56.0 Å². The van der Waals surface area contributed by atoms with Gasteiger partial charge in [0.15, 0.2) is 0 Å². The third kappa shape index (κ3) is 4.76. The molecule has 8 heteroatoms. The quantitative estimate of drug-likeness (QED) is 0.547. The fourth-order valence-electron chi connectivity index (χ4n) is 5.31. The maximum Gasteiger partial charge on any atom is 0.255 e. The van der Waals surface area contributed by atoms with Gasteiger partial charge in [0.1, 0.15) is 23.7 Å². The summed E-state index contributed by atoms with van der Waals surface area (Å²) in [4.78, 5) is 26.9. The van der Waals surface area contributed by atoms with Crippen molar-refractivity contribution in [3.63, 3.8) is 0 Å². The van der Waals surface area contributed by atoms with Crippen molar-refractivity contribution in [1.29, 1.82) is 0 Å². The number of hydrogen-bond donors (Lipinski definition) is 1. The predicted octanol–water partition coefficient (Wildman–Crippen LogP) is 4.29. The summed E-state index contributed by atoms with van der Waals surface area (Å²) in [6, 6.07) is 4.49. The molecule has 5 rings (SSSR count). The molecule has 2 aliphatic rings. The lowest BCUT2D eigenvalue weighted by atomic mass is 10.1. The van der Waals surface area contributed by atoms with Crippen molar-refractivity contribution in [3.8, 4) is 0 Å². The minimum absolute atomic E-state index is 0.122. The number of rotatable bonds is 8. The maximum absolute atomic E-state index is 13.3. The van der Waals surface area contributed by atoms with Crippen LogP contribution in [0.15, 0.2) is 33.6 Å². The Balaban J connectivity index is 1.31. The van der Waals surface area contributed by atoms with Gasteiger partial charge in [-0.1, -0.05) is 12.8 Å². The molecule has 2 fully saturated rings. The first-order chi connectivity index (χ1) is 16.2. The van der Waals surface area contributed by atoms with Crippen molar-refractivity contribution in [2.45, 2.75) is 64.5 Å². The number of nitrogens with one attached hydrogen (secondary N) is 1. The topological polar surface area (TPSA) is 87.6 Å². The predicted molar refractivity (Wildman–Crippen MR) is 126 cm³/mol. The van der Waals surface area contributed by atoms with Crippen molar-refractivity contribution in [1.82, 2.24) is 20.2 Å². The van der Waals surface area contributed by atoms with E-state index in [1.807, 2.05) is 19.1 Å². The van der Waals surface area contributed by atoms with Gasteiger partial charge in [-0.05, 0) is 51.2 Å². The van der Waals surface area contributed by atoms with E-state index in [0.29, 0.717) is 29.6 Å². The average Bonchev–Trinajstić information content (AvgIpc) is 3.59. The highest BCUT2D eigenvalue weighted by atomic mass is 16.3. The third-order valence-corrected chi connectivity index (χ3v) is 6.99. The molecule has 1 saturated heterocycles. The zero-order valence-electron chi connectivity index (χ0n) is 19.4. The van der Waals surface area contributed by atoms with Crippen LogP contribution in [0.2, 0.25) is 0 Å². The number of fused-ring (bicyclic) bond motifs is 1. The molecular formula is C25H33N5O3. The van der Waals surface area contributed by atoms with Crippen LogP contribution in [0, 0.1) is 6.92 Å². The number of aromatic nitrogens is 2. The molecule has 1 aliphatic carbocycles. The fraction of sp³-hybridized carbons (Fsp3) is 0.560. The second-order valence-electron chi connectivity index (χ2n) is 9.20. The van der Waals surface area contributed by atoms with Crippen LogP contribution in [0.4, 0.5) is 5.82 Å². The summed E-state index contributed by atoms with van der Waals surface area (Å²) in [6.45, 7) is 5.84. The van der Waals surface area contributed by atoms with E-state index < -0.39 is 0 Å². The summed E-state index contributed by atoms with van der Waals surface area (Å²) in [5.74, 6) is 2.24. The monoisotopic (exact) mass is 451 g/mol. The Morgan fingerprint density at radius 1 is 1.18 bits per heavy atom. The highest BCUT2D eigenvalue weighted by Crippen LogP contribution is 2.32. The van der Waals surface area contributed by atoms with Gasteiger partial charge in [0.05, 0.1) is 23.8 Å². The summed E-state index contributed by atoms with van der Waals surface area (Å²) in [5, 5.41) is 3.87. The van der Waals surface area contributed by atoms with Gasteiger partial charge in [0, 0.05) is 32.2 Å². The molecule has 3 aromatic rings. The number of furan rings is 2. The van der Waals surface area contributed by atoms with Gasteiger partial charge in [-0.2, -0.15) is 0 Å². The first kappa shape index (κ1) is 21.9. The lowest BCUT2D eigenvalue weighted by Crippen LogP contribution is -2.39. The van der Waals surface area contributed by atoms with Crippen molar-refractivity contribution in [3.05, 3.63) is 41.8 Å². The van der Waals surface area contributed by atoms with Crippen LogP contribution in [0.5, 0.6) is 0 Å².